The van der Waals surface area contributed by atoms with E-state index in [1.807, 2.05) is 0 Å². The van der Waals surface area contributed by atoms with Crippen LogP contribution in [0.5, 0.6) is 17.2 Å². The highest BCUT2D eigenvalue weighted by molar-refractivity contribution is 6.00. The van der Waals surface area contributed by atoms with Crippen LogP contribution < -0.4 is 15.4 Å². The third-order valence-corrected chi connectivity index (χ3v) is 5.03. The van der Waals surface area contributed by atoms with Crippen LogP contribution in [0.25, 0.3) is 0 Å². The third-order valence-electron chi connectivity index (χ3n) is 5.03. The molecule has 2 aromatic rings. The molecule has 172 valence electrons. The highest BCUT2D eigenvalue weighted by atomic mass is 19.4. The number of benzene rings is 2. The van der Waals surface area contributed by atoms with E-state index in [0.29, 0.717) is 22.6 Å². The van der Waals surface area contributed by atoms with Crippen LogP contribution in [0.2, 0.25) is 0 Å². The summed E-state index contributed by atoms with van der Waals surface area (Å²) in [4.78, 5) is 24.6. The molecule has 2 aromatic carbocycles. The van der Waals surface area contributed by atoms with Crippen molar-refractivity contribution < 1.29 is 41.4 Å². The largest absolute Gasteiger partial charge is 0.508 e. The number of para-hydroxylation sites is 1. The predicted octanol–water partition coefficient (Wildman–Crippen LogP) is 3.85. The molecular formula is C21H19F5N2O4. The minimum absolute atomic E-state index is 0.0743. The van der Waals surface area contributed by atoms with Gasteiger partial charge in [0.05, 0.1) is 12.6 Å². The number of alkyl halides is 5. The Morgan fingerprint density at radius 1 is 1.06 bits per heavy atom. The van der Waals surface area contributed by atoms with Gasteiger partial charge in [-0.25, -0.2) is 0 Å². The SMILES string of the molecule is CC(C(=O)NCC(F)(F)C(F)(F)F)C(=O)NC1Cc2c(O)cccc2Oc2ccccc21. The van der Waals surface area contributed by atoms with Gasteiger partial charge in [-0.15, -0.1) is 0 Å². The summed E-state index contributed by atoms with van der Waals surface area (Å²) in [6, 6.07) is 10.6. The normalized spacial score (nSPS) is 16.6. The highest BCUT2D eigenvalue weighted by Crippen LogP contribution is 2.41. The highest BCUT2D eigenvalue weighted by Gasteiger charge is 2.57. The first-order valence-corrected chi connectivity index (χ1v) is 9.51. The Morgan fingerprint density at radius 2 is 1.72 bits per heavy atom. The molecule has 0 radical (unpaired) electrons. The molecule has 32 heavy (non-hydrogen) atoms. The van der Waals surface area contributed by atoms with Crippen LogP contribution in [0.1, 0.15) is 24.1 Å². The number of carbonyl (C=O) groups excluding carboxylic acids is 2. The second-order valence-electron chi connectivity index (χ2n) is 7.30. The lowest BCUT2D eigenvalue weighted by Gasteiger charge is -2.23. The van der Waals surface area contributed by atoms with Gasteiger partial charge in [-0.3, -0.25) is 9.59 Å². The van der Waals surface area contributed by atoms with Crippen molar-refractivity contribution in [3.8, 4) is 17.2 Å². The number of rotatable bonds is 5. The molecule has 2 unspecified atom stereocenters. The lowest BCUT2D eigenvalue weighted by Crippen LogP contribution is -2.49. The van der Waals surface area contributed by atoms with Crippen molar-refractivity contribution in [2.75, 3.05) is 6.54 Å². The summed E-state index contributed by atoms with van der Waals surface area (Å²) < 4.78 is 68.7. The average molecular weight is 458 g/mol. The van der Waals surface area contributed by atoms with Crippen molar-refractivity contribution in [3.05, 3.63) is 53.6 Å². The molecule has 6 nitrogen and oxygen atoms in total. The molecule has 0 fully saturated rings. The minimum Gasteiger partial charge on any atom is -0.508 e. The van der Waals surface area contributed by atoms with Crippen LogP contribution in [0.4, 0.5) is 22.0 Å². The topological polar surface area (TPSA) is 87.7 Å². The average Bonchev–Trinajstić information content (AvgIpc) is 2.88. The zero-order chi connectivity index (χ0) is 23.7. The molecule has 0 aromatic heterocycles. The zero-order valence-electron chi connectivity index (χ0n) is 16.7. The van der Waals surface area contributed by atoms with E-state index in [1.54, 1.807) is 36.4 Å². The Morgan fingerprint density at radius 3 is 2.41 bits per heavy atom. The standard InChI is InChI=1S/C21H19F5N2O4/c1-11(18(30)27-10-20(22,23)21(24,25)26)19(31)28-14-9-13-15(29)6-4-8-17(13)32-16-7-3-2-5-12(14)16/h2-8,11,14,29H,9-10H2,1H3,(H,27,30)(H,28,31). The maximum atomic E-state index is 13.0. The fraction of sp³-hybridized carbons (Fsp3) is 0.333. The molecule has 0 aliphatic carbocycles. The molecule has 0 spiro atoms. The summed E-state index contributed by atoms with van der Waals surface area (Å²) in [5, 5.41) is 14.3. The van der Waals surface area contributed by atoms with E-state index in [0.717, 1.165) is 6.92 Å². The Bertz CT molecular complexity index is 1030. The second kappa shape index (κ2) is 8.64. The van der Waals surface area contributed by atoms with E-state index < -0.39 is 42.4 Å². The van der Waals surface area contributed by atoms with Crippen LogP contribution >= 0.6 is 0 Å². The quantitative estimate of drug-likeness (QED) is 0.469. The van der Waals surface area contributed by atoms with Crippen molar-refractivity contribution in [1.82, 2.24) is 10.6 Å². The van der Waals surface area contributed by atoms with E-state index in [2.05, 4.69) is 5.32 Å². The Labute approximate surface area is 179 Å². The fourth-order valence-corrected chi connectivity index (χ4v) is 3.14. The number of phenols is 1. The summed E-state index contributed by atoms with van der Waals surface area (Å²) in [6.07, 6.45) is -5.74. The molecular weight excluding hydrogens is 439 g/mol. The summed E-state index contributed by atoms with van der Waals surface area (Å²) in [5.74, 6) is -8.17. The van der Waals surface area contributed by atoms with Gasteiger partial charge in [0.1, 0.15) is 23.2 Å². The number of phenolic OH excluding ortho intramolecular Hbond substituents is 1. The molecule has 3 rings (SSSR count). The second-order valence-corrected chi connectivity index (χ2v) is 7.30. The summed E-state index contributed by atoms with van der Waals surface area (Å²) in [7, 11) is 0. The molecule has 0 saturated carbocycles. The first-order chi connectivity index (χ1) is 14.9. The number of fused-ring (bicyclic) bond motifs is 2. The number of aromatic hydroxyl groups is 1. The molecule has 2 amide bonds. The summed E-state index contributed by atoms with van der Waals surface area (Å²) >= 11 is 0. The van der Waals surface area contributed by atoms with Crippen molar-refractivity contribution in [1.29, 1.82) is 0 Å². The van der Waals surface area contributed by atoms with Gasteiger partial charge in [0.25, 0.3) is 0 Å². The van der Waals surface area contributed by atoms with Gasteiger partial charge in [-0.1, -0.05) is 24.3 Å². The van der Waals surface area contributed by atoms with E-state index >= 15 is 0 Å². The number of ether oxygens (including phenoxy) is 1. The van der Waals surface area contributed by atoms with E-state index in [1.165, 1.54) is 11.4 Å². The number of hydrogen-bond acceptors (Lipinski definition) is 4. The molecule has 3 N–H and O–H groups in total. The smallest absolute Gasteiger partial charge is 0.455 e. The first kappa shape index (κ1) is 23.3. The maximum absolute atomic E-state index is 13.0. The molecule has 1 heterocycles. The summed E-state index contributed by atoms with van der Waals surface area (Å²) in [6.45, 7) is -0.894. The fourth-order valence-electron chi connectivity index (χ4n) is 3.14. The van der Waals surface area contributed by atoms with Gasteiger partial charge < -0.3 is 20.5 Å². The van der Waals surface area contributed by atoms with Crippen molar-refractivity contribution in [3.63, 3.8) is 0 Å². The first-order valence-electron chi connectivity index (χ1n) is 9.51. The van der Waals surface area contributed by atoms with Crippen LogP contribution in [-0.4, -0.2) is 35.6 Å². The number of halogens is 5. The van der Waals surface area contributed by atoms with Gasteiger partial charge in [-0.05, 0) is 25.1 Å². The number of nitrogens with one attached hydrogen (secondary N) is 2. The lowest BCUT2D eigenvalue weighted by molar-refractivity contribution is -0.278. The van der Waals surface area contributed by atoms with Gasteiger partial charge in [0.15, 0.2) is 0 Å². The Hall–Kier alpha value is -3.37. The van der Waals surface area contributed by atoms with Crippen molar-refractivity contribution in [2.24, 2.45) is 5.92 Å². The van der Waals surface area contributed by atoms with Crippen LogP contribution in [0.3, 0.4) is 0 Å². The molecule has 0 saturated heterocycles. The van der Waals surface area contributed by atoms with Crippen LogP contribution in [0.15, 0.2) is 42.5 Å². The number of carbonyl (C=O) groups is 2. The Kier molecular flexibility index (Phi) is 6.29. The number of amides is 2. The zero-order valence-corrected chi connectivity index (χ0v) is 16.7. The van der Waals surface area contributed by atoms with Crippen molar-refractivity contribution in [2.45, 2.75) is 31.5 Å². The van der Waals surface area contributed by atoms with Gasteiger partial charge in [-0.2, -0.15) is 22.0 Å². The minimum atomic E-state index is -5.83. The lowest BCUT2D eigenvalue weighted by atomic mass is 9.97. The third kappa shape index (κ3) is 4.76. The van der Waals surface area contributed by atoms with Crippen LogP contribution in [0, 0.1) is 5.92 Å². The van der Waals surface area contributed by atoms with E-state index in [-0.39, 0.29) is 12.2 Å². The molecule has 1 aliphatic heterocycles. The molecule has 0 bridgehead atoms. The maximum Gasteiger partial charge on any atom is 0.455 e. The predicted molar refractivity (Wildman–Crippen MR) is 102 cm³/mol. The molecule has 2 atom stereocenters. The van der Waals surface area contributed by atoms with E-state index in [4.69, 9.17) is 4.74 Å². The van der Waals surface area contributed by atoms with Gasteiger partial charge in [0.2, 0.25) is 11.8 Å². The van der Waals surface area contributed by atoms with Crippen molar-refractivity contribution >= 4 is 11.8 Å². The molecule has 11 heteroatoms. The monoisotopic (exact) mass is 458 g/mol. The van der Waals surface area contributed by atoms with Gasteiger partial charge in [0, 0.05) is 17.5 Å². The summed E-state index contributed by atoms with van der Waals surface area (Å²) in [5.41, 5.74) is 0.934. The molecule has 1 aliphatic rings. The van der Waals surface area contributed by atoms with Crippen LogP contribution in [-0.2, 0) is 16.0 Å². The van der Waals surface area contributed by atoms with E-state index in [9.17, 15) is 36.6 Å². The number of hydrogen-bond donors (Lipinski definition) is 3. The Balaban J connectivity index is 1.76. The van der Waals surface area contributed by atoms with Gasteiger partial charge >= 0.3 is 12.1 Å².